The van der Waals surface area contributed by atoms with Crippen molar-refractivity contribution >= 4 is 0 Å². The molecule has 0 bridgehead atoms. The van der Waals surface area contributed by atoms with Crippen LogP contribution >= 0.6 is 0 Å². The third-order valence-electron chi connectivity index (χ3n) is 4.26. The highest BCUT2D eigenvalue weighted by Gasteiger charge is 2.30. The Kier molecular flexibility index (Phi) is 3.06. The SMILES string of the molecule is OC1CCCCC1CC1COc2ccccc21. The predicted octanol–water partition coefficient (Wildman–Crippen LogP) is 3.10. The van der Waals surface area contributed by atoms with E-state index in [9.17, 15) is 5.11 Å². The molecule has 2 heteroatoms. The van der Waals surface area contributed by atoms with E-state index in [1.807, 2.05) is 12.1 Å². The number of fused-ring (bicyclic) bond motifs is 1. The van der Waals surface area contributed by atoms with Gasteiger partial charge < -0.3 is 9.84 Å². The van der Waals surface area contributed by atoms with Gasteiger partial charge in [-0.2, -0.15) is 0 Å². The average molecular weight is 232 g/mol. The van der Waals surface area contributed by atoms with Gasteiger partial charge in [0.25, 0.3) is 0 Å². The largest absolute Gasteiger partial charge is 0.493 e. The van der Waals surface area contributed by atoms with E-state index in [0.29, 0.717) is 11.8 Å². The zero-order valence-corrected chi connectivity index (χ0v) is 10.1. The van der Waals surface area contributed by atoms with E-state index in [1.54, 1.807) is 0 Å². The molecular weight excluding hydrogens is 212 g/mol. The Morgan fingerprint density at radius 1 is 1.18 bits per heavy atom. The zero-order chi connectivity index (χ0) is 11.7. The molecule has 17 heavy (non-hydrogen) atoms. The van der Waals surface area contributed by atoms with Crippen LogP contribution in [0.5, 0.6) is 5.75 Å². The Morgan fingerprint density at radius 3 is 2.88 bits per heavy atom. The first kappa shape index (κ1) is 11.1. The topological polar surface area (TPSA) is 29.5 Å². The molecule has 0 spiro atoms. The number of hydrogen-bond donors (Lipinski definition) is 1. The summed E-state index contributed by atoms with van der Waals surface area (Å²) in [5, 5.41) is 10.0. The molecule has 1 aromatic rings. The Balaban J connectivity index is 1.70. The van der Waals surface area contributed by atoms with E-state index in [-0.39, 0.29) is 6.10 Å². The Labute approximate surface area is 103 Å². The van der Waals surface area contributed by atoms with Crippen LogP contribution in [0.2, 0.25) is 0 Å². The molecule has 3 unspecified atom stereocenters. The van der Waals surface area contributed by atoms with Crippen molar-refractivity contribution in [1.82, 2.24) is 0 Å². The van der Waals surface area contributed by atoms with Crippen LogP contribution in [0, 0.1) is 5.92 Å². The van der Waals surface area contributed by atoms with Crippen LogP contribution in [0.3, 0.4) is 0 Å². The maximum Gasteiger partial charge on any atom is 0.122 e. The minimum Gasteiger partial charge on any atom is -0.493 e. The highest BCUT2D eigenvalue weighted by atomic mass is 16.5. The van der Waals surface area contributed by atoms with Crippen LogP contribution in [0.4, 0.5) is 0 Å². The van der Waals surface area contributed by atoms with Crippen molar-refractivity contribution in [1.29, 1.82) is 0 Å². The average Bonchev–Trinajstić information content (AvgIpc) is 2.76. The van der Waals surface area contributed by atoms with Gasteiger partial charge in [0.1, 0.15) is 5.75 Å². The lowest BCUT2D eigenvalue weighted by molar-refractivity contribution is 0.0600. The monoisotopic (exact) mass is 232 g/mol. The lowest BCUT2D eigenvalue weighted by atomic mass is 9.79. The molecular formula is C15H20O2. The molecule has 0 aromatic heterocycles. The summed E-state index contributed by atoms with van der Waals surface area (Å²) < 4.78 is 5.71. The molecule has 1 saturated carbocycles. The van der Waals surface area contributed by atoms with Gasteiger partial charge in [0.15, 0.2) is 0 Å². The van der Waals surface area contributed by atoms with Gasteiger partial charge >= 0.3 is 0 Å². The minimum absolute atomic E-state index is 0.0866. The Bertz CT molecular complexity index is 388. The fourth-order valence-electron chi connectivity index (χ4n) is 3.25. The van der Waals surface area contributed by atoms with Crippen molar-refractivity contribution in [3.63, 3.8) is 0 Å². The van der Waals surface area contributed by atoms with Gasteiger partial charge in [0.05, 0.1) is 12.7 Å². The molecule has 92 valence electrons. The van der Waals surface area contributed by atoms with Crippen molar-refractivity contribution in [2.75, 3.05) is 6.61 Å². The number of hydrogen-bond acceptors (Lipinski definition) is 2. The van der Waals surface area contributed by atoms with Gasteiger partial charge in [-0.3, -0.25) is 0 Å². The van der Waals surface area contributed by atoms with Crippen molar-refractivity contribution < 1.29 is 9.84 Å². The van der Waals surface area contributed by atoms with E-state index in [1.165, 1.54) is 24.8 Å². The van der Waals surface area contributed by atoms with Gasteiger partial charge in [-0.05, 0) is 31.2 Å². The summed E-state index contributed by atoms with van der Waals surface area (Å²) in [6.07, 6.45) is 5.63. The van der Waals surface area contributed by atoms with Crippen LogP contribution < -0.4 is 4.74 Å². The fourth-order valence-corrected chi connectivity index (χ4v) is 3.25. The molecule has 1 N–H and O–H groups in total. The van der Waals surface area contributed by atoms with Crippen LogP contribution in [0.15, 0.2) is 24.3 Å². The molecule has 1 aliphatic carbocycles. The van der Waals surface area contributed by atoms with E-state index >= 15 is 0 Å². The van der Waals surface area contributed by atoms with Gasteiger partial charge in [0, 0.05) is 11.5 Å². The number of para-hydroxylation sites is 1. The van der Waals surface area contributed by atoms with E-state index in [2.05, 4.69) is 12.1 Å². The summed E-state index contributed by atoms with van der Waals surface area (Å²) >= 11 is 0. The lowest BCUT2D eigenvalue weighted by Crippen LogP contribution is -2.26. The molecule has 1 aliphatic heterocycles. The van der Waals surface area contributed by atoms with Crippen molar-refractivity contribution in [3.8, 4) is 5.75 Å². The Morgan fingerprint density at radius 2 is 2.00 bits per heavy atom. The molecule has 0 saturated heterocycles. The van der Waals surface area contributed by atoms with Crippen molar-refractivity contribution in [2.24, 2.45) is 5.92 Å². The van der Waals surface area contributed by atoms with Crippen LogP contribution in [-0.2, 0) is 0 Å². The second-order valence-corrected chi connectivity index (χ2v) is 5.39. The first-order chi connectivity index (χ1) is 8.34. The third kappa shape index (κ3) is 2.19. The van der Waals surface area contributed by atoms with Gasteiger partial charge in [-0.15, -0.1) is 0 Å². The van der Waals surface area contributed by atoms with Crippen LogP contribution in [-0.4, -0.2) is 17.8 Å². The number of ether oxygens (including phenoxy) is 1. The second-order valence-electron chi connectivity index (χ2n) is 5.39. The molecule has 1 fully saturated rings. The third-order valence-corrected chi connectivity index (χ3v) is 4.26. The smallest absolute Gasteiger partial charge is 0.122 e. The maximum atomic E-state index is 10.0. The van der Waals surface area contributed by atoms with Crippen molar-refractivity contribution in [2.45, 2.75) is 44.1 Å². The van der Waals surface area contributed by atoms with Crippen molar-refractivity contribution in [3.05, 3.63) is 29.8 Å². The standard InChI is InChI=1S/C15H20O2/c16-14-7-3-1-5-11(14)9-12-10-17-15-8-4-2-6-13(12)15/h2,4,6,8,11-12,14,16H,1,3,5,7,9-10H2. The number of benzene rings is 1. The highest BCUT2D eigenvalue weighted by molar-refractivity contribution is 5.39. The number of rotatable bonds is 2. The predicted molar refractivity (Wildman–Crippen MR) is 67.3 cm³/mol. The second kappa shape index (κ2) is 4.69. The summed E-state index contributed by atoms with van der Waals surface area (Å²) in [7, 11) is 0. The first-order valence-electron chi connectivity index (χ1n) is 6.74. The maximum absolute atomic E-state index is 10.0. The first-order valence-corrected chi connectivity index (χ1v) is 6.74. The summed E-state index contributed by atoms with van der Waals surface area (Å²) in [4.78, 5) is 0. The van der Waals surface area contributed by atoms with E-state index < -0.39 is 0 Å². The van der Waals surface area contributed by atoms with Gasteiger partial charge in [-0.25, -0.2) is 0 Å². The zero-order valence-electron chi connectivity index (χ0n) is 10.1. The van der Waals surface area contributed by atoms with E-state index in [0.717, 1.165) is 25.2 Å². The summed E-state index contributed by atoms with van der Waals surface area (Å²) in [5.74, 6) is 2.01. The summed E-state index contributed by atoms with van der Waals surface area (Å²) in [6.45, 7) is 0.794. The molecule has 2 aliphatic rings. The fraction of sp³-hybridized carbons (Fsp3) is 0.600. The lowest BCUT2D eigenvalue weighted by Gasteiger charge is -2.29. The van der Waals surface area contributed by atoms with Crippen LogP contribution in [0.25, 0.3) is 0 Å². The summed E-state index contributed by atoms with van der Waals surface area (Å²) in [6, 6.07) is 8.32. The molecule has 0 amide bonds. The number of aliphatic hydroxyl groups is 1. The number of aliphatic hydroxyl groups excluding tert-OH is 1. The molecule has 3 rings (SSSR count). The molecule has 0 radical (unpaired) electrons. The molecule has 2 nitrogen and oxygen atoms in total. The molecule has 3 atom stereocenters. The quantitative estimate of drug-likeness (QED) is 0.849. The minimum atomic E-state index is -0.0866. The van der Waals surface area contributed by atoms with Crippen LogP contribution in [0.1, 0.15) is 43.6 Å². The van der Waals surface area contributed by atoms with Gasteiger partial charge in [-0.1, -0.05) is 31.0 Å². The normalized spacial score (nSPS) is 31.9. The highest BCUT2D eigenvalue weighted by Crippen LogP contribution is 2.40. The van der Waals surface area contributed by atoms with Gasteiger partial charge in [0.2, 0.25) is 0 Å². The Hall–Kier alpha value is -1.02. The molecule has 1 heterocycles. The van der Waals surface area contributed by atoms with E-state index in [4.69, 9.17) is 4.74 Å². The molecule has 1 aromatic carbocycles. The summed E-state index contributed by atoms with van der Waals surface area (Å²) in [5.41, 5.74) is 1.34.